The van der Waals surface area contributed by atoms with E-state index in [2.05, 4.69) is 4.99 Å². The summed E-state index contributed by atoms with van der Waals surface area (Å²) in [5, 5.41) is 0.934. The van der Waals surface area contributed by atoms with Crippen LogP contribution in [-0.4, -0.2) is 42.3 Å². The SMILES string of the molecule is CC(=O)N=C1S[C@H]2CS(=O)(=O)C[C@H]2N1c1ccccc1Cl. The van der Waals surface area contributed by atoms with E-state index in [9.17, 15) is 13.2 Å². The Kier molecular flexibility index (Phi) is 3.75. The molecule has 1 aromatic carbocycles. The number of hydrogen-bond acceptors (Lipinski definition) is 4. The highest BCUT2D eigenvalue weighted by molar-refractivity contribution is 8.16. The van der Waals surface area contributed by atoms with Crippen LogP contribution in [0.1, 0.15) is 6.92 Å². The van der Waals surface area contributed by atoms with Crippen LogP contribution in [0.15, 0.2) is 29.3 Å². The van der Waals surface area contributed by atoms with Crippen molar-refractivity contribution in [1.82, 2.24) is 0 Å². The monoisotopic (exact) mass is 344 g/mol. The summed E-state index contributed by atoms with van der Waals surface area (Å²) in [5.74, 6) is -0.134. The van der Waals surface area contributed by atoms with Gasteiger partial charge in [-0.15, -0.1) is 0 Å². The molecule has 2 atom stereocenters. The van der Waals surface area contributed by atoms with Crippen LogP contribution in [0.5, 0.6) is 0 Å². The van der Waals surface area contributed by atoms with E-state index in [-0.39, 0.29) is 28.7 Å². The van der Waals surface area contributed by atoms with Crippen LogP contribution in [0.2, 0.25) is 5.02 Å². The maximum absolute atomic E-state index is 11.9. The second-order valence-corrected chi connectivity index (χ2v) is 8.80. The Balaban J connectivity index is 2.07. The lowest BCUT2D eigenvalue weighted by Crippen LogP contribution is -2.37. The summed E-state index contributed by atoms with van der Waals surface area (Å²) in [5.41, 5.74) is 0.691. The molecule has 21 heavy (non-hydrogen) atoms. The Hall–Kier alpha value is -1.05. The second-order valence-electron chi connectivity index (χ2n) is 5.04. The van der Waals surface area contributed by atoms with Gasteiger partial charge in [-0.2, -0.15) is 4.99 Å². The molecule has 2 aliphatic heterocycles. The van der Waals surface area contributed by atoms with E-state index in [0.717, 1.165) is 0 Å². The molecule has 1 amide bonds. The molecule has 2 fully saturated rings. The number of anilines is 1. The molecule has 8 heteroatoms. The van der Waals surface area contributed by atoms with Crippen molar-refractivity contribution in [2.45, 2.75) is 18.2 Å². The van der Waals surface area contributed by atoms with Crippen molar-refractivity contribution in [1.29, 1.82) is 0 Å². The molecular weight excluding hydrogens is 332 g/mol. The van der Waals surface area contributed by atoms with Crippen LogP contribution >= 0.6 is 23.4 Å². The molecule has 0 spiro atoms. The highest BCUT2D eigenvalue weighted by Crippen LogP contribution is 2.42. The topological polar surface area (TPSA) is 66.8 Å². The lowest BCUT2D eigenvalue weighted by molar-refractivity contribution is -0.115. The smallest absolute Gasteiger partial charge is 0.244 e. The Morgan fingerprint density at radius 3 is 2.76 bits per heavy atom. The van der Waals surface area contributed by atoms with Gasteiger partial charge in [0.2, 0.25) is 5.91 Å². The number of rotatable bonds is 1. The molecule has 0 aromatic heterocycles. The summed E-state index contributed by atoms with van der Waals surface area (Å²) in [6.45, 7) is 1.38. The molecule has 112 valence electrons. The number of para-hydroxylation sites is 1. The Bertz CT molecular complexity index is 733. The highest BCUT2D eigenvalue weighted by Gasteiger charge is 2.49. The number of nitrogens with zero attached hydrogens (tertiary/aromatic N) is 2. The normalized spacial score (nSPS) is 28.9. The van der Waals surface area contributed by atoms with E-state index < -0.39 is 9.84 Å². The molecule has 3 rings (SSSR count). The van der Waals surface area contributed by atoms with E-state index in [1.54, 1.807) is 17.0 Å². The van der Waals surface area contributed by atoms with Gasteiger partial charge in [0.05, 0.1) is 28.3 Å². The third kappa shape index (κ3) is 2.82. The van der Waals surface area contributed by atoms with Crippen LogP contribution in [0.25, 0.3) is 0 Å². The lowest BCUT2D eigenvalue weighted by Gasteiger charge is -2.25. The standard InChI is InChI=1S/C13H13ClN2O3S2/c1-8(17)15-13-16(10-5-3-2-4-9(10)14)11-6-21(18,19)7-12(11)20-13/h2-5,11-12H,6-7H2,1H3/t11-,12+/m1/s1. The van der Waals surface area contributed by atoms with Gasteiger partial charge in [0.25, 0.3) is 0 Å². The van der Waals surface area contributed by atoms with E-state index in [4.69, 9.17) is 11.6 Å². The zero-order valence-electron chi connectivity index (χ0n) is 11.2. The Morgan fingerprint density at radius 2 is 2.10 bits per heavy atom. The Morgan fingerprint density at radius 1 is 1.38 bits per heavy atom. The molecule has 0 bridgehead atoms. The maximum Gasteiger partial charge on any atom is 0.244 e. The molecule has 0 saturated carbocycles. The van der Waals surface area contributed by atoms with E-state index >= 15 is 0 Å². The number of carbonyl (C=O) groups excluding carboxylic acids is 1. The fraction of sp³-hybridized carbons (Fsp3) is 0.385. The van der Waals surface area contributed by atoms with Gasteiger partial charge >= 0.3 is 0 Å². The molecule has 5 nitrogen and oxygen atoms in total. The molecule has 2 aliphatic rings. The molecular formula is C13H13ClN2O3S2. The van der Waals surface area contributed by atoms with Gasteiger partial charge in [0.1, 0.15) is 0 Å². The first kappa shape index (κ1) is 14.9. The third-order valence-electron chi connectivity index (χ3n) is 3.43. The molecule has 2 heterocycles. The average Bonchev–Trinajstić information content (AvgIpc) is 2.81. The second kappa shape index (κ2) is 5.30. The van der Waals surface area contributed by atoms with E-state index in [1.807, 2.05) is 12.1 Å². The number of sulfone groups is 1. The number of amides is 1. The van der Waals surface area contributed by atoms with E-state index in [0.29, 0.717) is 15.9 Å². The van der Waals surface area contributed by atoms with E-state index in [1.165, 1.54) is 18.7 Å². The van der Waals surface area contributed by atoms with Crippen LogP contribution in [0.3, 0.4) is 0 Å². The van der Waals surface area contributed by atoms with Crippen molar-refractivity contribution >= 4 is 50.0 Å². The van der Waals surface area contributed by atoms with Gasteiger partial charge in [0, 0.05) is 12.2 Å². The van der Waals surface area contributed by atoms with Crippen LogP contribution in [0.4, 0.5) is 5.69 Å². The highest BCUT2D eigenvalue weighted by atomic mass is 35.5. The number of halogens is 1. The Labute approximate surface area is 132 Å². The summed E-state index contributed by atoms with van der Waals surface area (Å²) in [7, 11) is -3.06. The van der Waals surface area contributed by atoms with Crippen LogP contribution < -0.4 is 4.90 Å². The lowest BCUT2D eigenvalue weighted by atomic mass is 10.2. The zero-order chi connectivity index (χ0) is 15.2. The van der Waals surface area contributed by atoms with Crippen molar-refractivity contribution in [2.24, 2.45) is 4.99 Å². The summed E-state index contributed by atoms with van der Waals surface area (Å²) >= 11 is 7.57. The van der Waals surface area contributed by atoms with Crippen molar-refractivity contribution in [2.75, 3.05) is 16.4 Å². The molecule has 0 radical (unpaired) electrons. The number of benzene rings is 1. The quantitative estimate of drug-likeness (QED) is 0.779. The molecule has 1 aromatic rings. The predicted octanol–water partition coefficient (Wildman–Crippen LogP) is 1.96. The molecule has 0 unspecified atom stereocenters. The summed E-state index contributed by atoms with van der Waals surface area (Å²) in [4.78, 5) is 17.1. The minimum Gasteiger partial charge on any atom is -0.314 e. The minimum absolute atomic E-state index is 0.0623. The van der Waals surface area contributed by atoms with Gasteiger partial charge in [0.15, 0.2) is 15.0 Å². The van der Waals surface area contributed by atoms with Gasteiger partial charge in [-0.25, -0.2) is 8.42 Å². The molecule has 0 N–H and O–H groups in total. The van der Waals surface area contributed by atoms with Crippen LogP contribution in [0, 0.1) is 0 Å². The van der Waals surface area contributed by atoms with Crippen molar-refractivity contribution in [3.8, 4) is 0 Å². The average molecular weight is 345 g/mol. The van der Waals surface area contributed by atoms with Gasteiger partial charge in [-0.3, -0.25) is 4.79 Å². The summed E-state index contributed by atoms with van der Waals surface area (Å²) < 4.78 is 23.7. The summed E-state index contributed by atoms with van der Waals surface area (Å²) in [6, 6.07) is 6.96. The zero-order valence-corrected chi connectivity index (χ0v) is 13.6. The number of fused-ring (bicyclic) bond motifs is 1. The number of aliphatic imine (C=N–C) groups is 1. The van der Waals surface area contributed by atoms with Crippen LogP contribution in [-0.2, 0) is 14.6 Å². The first-order valence-electron chi connectivity index (χ1n) is 6.37. The van der Waals surface area contributed by atoms with Crippen molar-refractivity contribution in [3.05, 3.63) is 29.3 Å². The first-order valence-corrected chi connectivity index (χ1v) is 9.45. The first-order chi connectivity index (χ1) is 9.87. The van der Waals surface area contributed by atoms with Crippen molar-refractivity contribution < 1.29 is 13.2 Å². The number of thioether (sulfide) groups is 1. The maximum atomic E-state index is 11.9. The molecule has 2 saturated heterocycles. The number of hydrogen-bond donors (Lipinski definition) is 0. The van der Waals surface area contributed by atoms with Gasteiger partial charge in [-0.1, -0.05) is 35.5 Å². The predicted molar refractivity (Wildman–Crippen MR) is 85.9 cm³/mol. The fourth-order valence-corrected chi connectivity index (χ4v) is 6.81. The summed E-state index contributed by atoms with van der Waals surface area (Å²) in [6.07, 6.45) is 0. The largest absolute Gasteiger partial charge is 0.314 e. The minimum atomic E-state index is -3.06. The van der Waals surface area contributed by atoms with Gasteiger partial charge in [-0.05, 0) is 12.1 Å². The third-order valence-corrected chi connectivity index (χ3v) is 6.96. The number of amidine groups is 1. The molecule has 0 aliphatic carbocycles. The fourth-order valence-electron chi connectivity index (χ4n) is 2.63. The number of carbonyl (C=O) groups is 1. The van der Waals surface area contributed by atoms with Crippen molar-refractivity contribution in [3.63, 3.8) is 0 Å². The van der Waals surface area contributed by atoms with Gasteiger partial charge < -0.3 is 4.90 Å².